The Morgan fingerprint density at radius 2 is 2.04 bits per heavy atom. The fourth-order valence-corrected chi connectivity index (χ4v) is 2.95. The number of anilines is 1. The zero-order valence-corrected chi connectivity index (χ0v) is 14.3. The largest absolute Gasteiger partial charge is 0.345 e. The molecule has 0 amide bonds. The summed E-state index contributed by atoms with van der Waals surface area (Å²) in [5.74, 6) is -1.52. The molecule has 9 heteroatoms. The smallest absolute Gasteiger partial charge is 0.235 e. The van der Waals surface area contributed by atoms with Crippen molar-refractivity contribution >= 4 is 32.5 Å². The second-order valence-electron chi connectivity index (χ2n) is 5.68. The second kappa shape index (κ2) is 6.25. The van der Waals surface area contributed by atoms with Gasteiger partial charge in [0.05, 0.1) is 22.1 Å². The molecule has 7 nitrogen and oxygen atoms in total. The molecule has 0 aliphatic carbocycles. The van der Waals surface area contributed by atoms with E-state index >= 15 is 0 Å². The number of rotatable bonds is 5. The van der Waals surface area contributed by atoms with Gasteiger partial charge < -0.3 is 4.98 Å². The number of nitrogens with one attached hydrogen (secondary N) is 2. The minimum Gasteiger partial charge on any atom is -0.345 e. The first-order valence-corrected chi connectivity index (χ1v) is 8.98. The first-order valence-electron chi connectivity index (χ1n) is 7.43. The lowest BCUT2D eigenvalue weighted by atomic mass is 10.0. The Kier molecular flexibility index (Phi) is 4.25. The highest BCUT2D eigenvalue weighted by Gasteiger charge is 2.23. The van der Waals surface area contributed by atoms with Crippen LogP contribution < -0.4 is 4.72 Å². The zero-order chi connectivity index (χ0) is 18.2. The van der Waals surface area contributed by atoms with E-state index in [1.165, 1.54) is 50.8 Å². The van der Waals surface area contributed by atoms with Gasteiger partial charge in [0.1, 0.15) is 12.0 Å². The summed E-state index contributed by atoms with van der Waals surface area (Å²) in [6, 6.07) is 3.98. The van der Waals surface area contributed by atoms with Crippen molar-refractivity contribution < 1.29 is 17.6 Å². The van der Waals surface area contributed by atoms with E-state index in [9.17, 15) is 17.6 Å². The molecule has 130 valence electrons. The van der Waals surface area contributed by atoms with Gasteiger partial charge in [0.25, 0.3) is 0 Å². The van der Waals surface area contributed by atoms with Crippen LogP contribution in [0.2, 0.25) is 0 Å². The molecule has 3 rings (SSSR count). The topological polar surface area (TPSA) is 105 Å². The first-order chi connectivity index (χ1) is 11.8. The summed E-state index contributed by atoms with van der Waals surface area (Å²) in [6.07, 6.45) is 4.20. The quantitative estimate of drug-likeness (QED) is 0.679. The zero-order valence-electron chi connectivity index (χ0n) is 13.4. The molecule has 1 aromatic carbocycles. The van der Waals surface area contributed by atoms with E-state index in [0.29, 0.717) is 11.0 Å². The van der Waals surface area contributed by atoms with Crippen molar-refractivity contribution in [1.29, 1.82) is 0 Å². The predicted octanol–water partition coefficient (Wildman–Crippen LogP) is 2.48. The third kappa shape index (κ3) is 3.10. The molecule has 0 fully saturated rings. The number of hydrogen-bond acceptors (Lipinski definition) is 5. The van der Waals surface area contributed by atoms with Crippen LogP contribution >= 0.6 is 0 Å². The summed E-state index contributed by atoms with van der Waals surface area (Å²) in [6.45, 7) is 2.95. The molecule has 2 heterocycles. The van der Waals surface area contributed by atoms with Gasteiger partial charge in [-0.2, -0.15) is 0 Å². The van der Waals surface area contributed by atoms with E-state index in [2.05, 4.69) is 19.7 Å². The molecule has 0 bridgehead atoms. The second-order valence-corrected chi connectivity index (χ2v) is 7.92. The van der Waals surface area contributed by atoms with Gasteiger partial charge in [0.15, 0.2) is 11.6 Å². The minimum atomic E-state index is -3.73. The summed E-state index contributed by atoms with van der Waals surface area (Å²) < 4.78 is 40.8. The molecule has 0 unspecified atom stereocenters. The predicted molar refractivity (Wildman–Crippen MR) is 91.4 cm³/mol. The Hall–Kier alpha value is -2.81. The monoisotopic (exact) mass is 362 g/mol. The summed E-state index contributed by atoms with van der Waals surface area (Å²) in [4.78, 5) is 23.4. The van der Waals surface area contributed by atoms with Crippen LogP contribution in [0.25, 0.3) is 11.0 Å². The van der Waals surface area contributed by atoms with Gasteiger partial charge in [-0.25, -0.2) is 22.8 Å². The van der Waals surface area contributed by atoms with Crippen molar-refractivity contribution in [2.24, 2.45) is 0 Å². The number of aromatic amines is 1. The molecular formula is C16H15FN4O3S. The van der Waals surface area contributed by atoms with E-state index in [0.717, 1.165) is 0 Å². The number of fused-ring (bicyclic) bond motifs is 1. The van der Waals surface area contributed by atoms with Gasteiger partial charge >= 0.3 is 0 Å². The lowest BCUT2D eigenvalue weighted by Crippen LogP contribution is -2.23. The SMILES string of the molecule is CC(C)S(=O)(=O)Nc1cccc(C(=O)c2c[nH]c3ncncc23)c1F. The molecule has 3 aromatic rings. The number of aromatic nitrogens is 3. The number of H-pyrrole nitrogens is 1. The normalized spacial score (nSPS) is 11.8. The number of ketones is 1. The maximum Gasteiger partial charge on any atom is 0.235 e. The van der Waals surface area contributed by atoms with Gasteiger partial charge in [-0.15, -0.1) is 0 Å². The minimum absolute atomic E-state index is 0.207. The molecule has 0 aliphatic heterocycles. The van der Waals surface area contributed by atoms with Gasteiger partial charge in [-0.05, 0) is 26.0 Å². The number of carbonyl (C=O) groups is 1. The number of carbonyl (C=O) groups excluding carboxylic acids is 1. The number of hydrogen-bond donors (Lipinski definition) is 2. The number of halogens is 1. The molecule has 0 radical (unpaired) electrons. The average Bonchev–Trinajstić information content (AvgIpc) is 3.00. The van der Waals surface area contributed by atoms with Crippen molar-refractivity contribution in [2.75, 3.05) is 4.72 Å². The lowest BCUT2D eigenvalue weighted by molar-refractivity contribution is 0.103. The van der Waals surface area contributed by atoms with Crippen LogP contribution in [0.5, 0.6) is 0 Å². The summed E-state index contributed by atoms with van der Waals surface area (Å²) in [7, 11) is -3.73. The standard InChI is InChI=1S/C16H15FN4O3S/c1-9(2)25(23,24)21-13-5-3-4-10(14(13)17)15(22)11-7-19-16-12(11)6-18-8-20-16/h3-9,21H,1-2H3,(H,18,19,20). The molecule has 0 atom stereocenters. The molecule has 25 heavy (non-hydrogen) atoms. The Bertz CT molecular complexity index is 1060. The van der Waals surface area contributed by atoms with Crippen LogP contribution in [-0.2, 0) is 10.0 Å². The molecule has 0 saturated carbocycles. The molecular weight excluding hydrogens is 347 g/mol. The van der Waals surface area contributed by atoms with Gasteiger partial charge in [0.2, 0.25) is 10.0 Å². The Morgan fingerprint density at radius 1 is 1.28 bits per heavy atom. The van der Waals surface area contributed by atoms with E-state index in [-0.39, 0.29) is 16.8 Å². The highest BCUT2D eigenvalue weighted by molar-refractivity contribution is 7.93. The fourth-order valence-electron chi connectivity index (χ4n) is 2.25. The first kappa shape index (κ1) is 17.0. The highest BCUT2D eigenvalue weighted by Crippen LogP contribution is 2.25. The highest BCUT2D eigenvalue weighted by atomic mass is 32.2. The van der Waals surface area contributed by atoms with Crippen molar-refractivity contribution in [3.05, 3.63) is 53.9 Å². The van der Waals surface area contributed by atoms with Crippen molar-refractivity contribution in [1.82, 2.24) is 15.0 Å². The van der Waals surface area contributed by atoms with E-state index in [1.54, 1.807) is 0 Å². The molecule has 0 saturated heterocycles. The maximum atomic E-state index is 14.7. The molecule has 2 N–H and O–H groups in total. The van der Waals surface area contributed by atoms with Crippen molar-refractivity contribution in [3.63, 3.8) is 0 Å². The van der Waals surface area contributed by atoms with E-state index in [4.69, 9.17) is 0 Å². The molecule has 2 aromatic heterocycles. The average molecular weight is 362 g/mol. The van der Waals surface area contributed by atoms with E-state index in [1.807, 2.05) is 0 Å². The molecule has 0 spiro atoms. The third-order valence-electron chi connectivity index (χ3n) is 3.72. The van der Waals surface area contributed by atoms with Crippen LogP contribution in [0.3, 0.4) is 0 Å². The van der Waals surface area contributed by atoms with Crippen LogP contribution in [0.1, 0.15) is 29.8 Å². The number of nitrogens with zero attached hydrogens (tertiary/aromatic N) is 2. The summed E-state index contributed by atoms with van der Waals surface area (Å²) >= 11 is 0. The van der Waals surface area contributed by atoms with Crippen LogP contribution in [0, 0.1) is 5.82 Å². The molecule has 0 aliphatic rings. The van der Waals surface area contributed by atoms with Gasteiger partial charge in [0, 0.05) is 17.8 Å². The Morgan fingerprint density at radius 3 is 2.76 bits per heavy atom. The van der Waals surface area contributed by atoms with Gasteiger partial charge in [-0.3, -0.25) is 9.52 Å². The maximum absolute atomic E-state index is 14.7. The van der Waals surface area contributed by atoms with Crippen molar-refractivity contribution in [2.45, 2.75) is 19.1 Å². The number of benzene rings is 1. The Balaban J connectivity index is 2.04. The third-order valence-corrected chi connectivity index (χ3v) is 5.46. The van der Waals surface area contributed by atoms with Crippen LogP contribution in [0.15, 0.2) is 36.9 Å². The summed E-state index contributed by atoms with van der Waals surface area (Å²) in [5, 5.41) is -0.280. The van der Waals surface area contributed by atoms with Gasteiger partial charge in [-0.1, -0.05) is 6.07 Å². The number of sulfonamides is 1. The van der Waals surface area contributed by atoms with Crippen molar-refractivity contribution in [3.8, 4) is 0 Å². The summed E-state index contributed by atoms with van der Waals surface area (Å²) in [5.41, 5.74) is 0.151. The van der Waals surface area contributed by atoms with E-state index < -0.39 is 26.9 Å². The fraction of sp³-hybridized carbons (Fsp3) is 0.188. The van der Waals surface area contributed by atoms with Crippen LogP contribution in [-0.4, -0.2) is 34.4 Å². The lowest BCUT2D eigenvalue weighted by Gasteiger charge is -2.12. The van der Waals surface area contributed by atoms with Crippen LogP contribution in [0.4, 0.5) is 10.1 Å². The Labute approximate surface area is 143 Å².